The van der Waals surface area contributed by atoms with E-state index in [4.69, 9.17) is 26.2 Å². The summed E-state index contributed by atoms with van der Waals surface area (Å²) in [5.74, 6) is 0. The molecule has 8 nitrogen and oxygen atoms in total. The zero-order valence-corrected chi connectivity index (χ0v) is 11.5. The maximum absolute atomic E-state index is 10.0. The number of hydrogen-bond donors (Lipinski definition) is 4. The van der Waals surface area contributed by atoms with Crippen LogP contribution in [0.2, 0.25) is 5.28 Å². The number of nitrogens with zero attached hydrogens (tertiary/aromatic N) is 2. The molecule has 0 amide bonds. The van der Waals surface area contributed by atoms with Gasteiger partial charge in [-0.3, -0.25) is 0 Å². The van der Waals surface area contributed by atoms with Gasteiger partial charge in [0.15, 0.2) is 6.29 Å². The van der Waals surface area contributed by atoms with Crippen LogP contribution in [0.15, 0.2) is 0 Å². The van der Waals surface area contributed by atoms with Crippen LogP contribution in [0.4, 0.5) is 5.13 Å². The number of aliphatic hydroxyl groups is 3. The first kappa shape index (κ1) is 14.9. The van der Waals surface area contributed by atoms with E-state index in [1.165, 1.54) is 7.11 Å². The van der Waals surface area contributed by atoms with Crippen molar-refractivity contribution in [2.45, 2.75) is 30.6 Å². The lowest BCUT2D eigenvalue weighted by Crippen LogP contribution is -2.61. The molecule has 1 saturated heterocycles. The summed E-state index contributed by atoms with van der Waals surface area (Å²) in [4.78, 5) is 3.88. The summed E-state index contributed by atoms with van der Waals surface area (Å²) in [7, 11) is 1.39. The summed E-state index contributed by atoms with van der Waals surface area (Å²) in [5.41, 5.74) is 0. The minimum absolute atomic E-state index is 0.0847. The van der Waals surface area contributed by atoms with Crippen molar-refractivity contribution in [2.75, 3.05) is 19.0 Å². The number of ether oxygens (including phenoxy) is 2. The van der Waals surface area contributed by atoms with Crippen molar-refractivity contribution < 1.29 is 24.8 Å². The highest BCUT2D eigenvalue weighted by Gasteiger charge is 2.44. The molecule has 2 heterocycles. The van der Waals surface area contributed by atoms with Gasteiger partial charge in [0.1, 0.15) is 24.4 Å². The molecule has 0 saturated carbocycles. The largest absolute Gasteiger partial charge is 0.394 e. The molecule has 5 atom stereocenters. The number of hydrogen-bond acceptors (Lipinski definition) is 9. The molecule has 0 spiro atoms. The Labute approximate surface area is 118 Å². The fourth-order valence-corrected chi connectivity index (χ4v) is 2.60. The van der Waals surface area contributed by atoms with Crippen molar-refractivity contribution in [3.63, 3.8) is 0 Å². The van der Waals surface area contributed by atoms with Crippen molar-refractivity contribution in [1.82, 2.24) is 9.36 Å². The third kappa shape index (κ3) is 3.14. The lowest BCUT2D eigenvalue weighted by molar-refractivity contribution is -0.254. The third-order valence-corrected chi connectivity index (χ3v) is 3.72. The predicted octanol–water partition coefficient (Wildman–Crippen LogP) is -0.943. The minimum atomic E-state index is -1.24. The van der Waals surface area contributed by atoms with Gasteiger partial charge in [0.25, 0.3) is 0 Å². The molecule has 108 valence electrons. The molecule has 1 aliphatic heterocycles. The lowest BCUT2D eigenvalue weighted by Gasteiger charge is -2.41. The van der Waals surface area contributed by atoms with Crippen molar-refractivity contribution in [3.8, 4) is 0 Å². The van der Waals surface area contributed by atoms with Crippen LogP contribution in [0.5, 0.6) is 0 Å². The SMILES string of the molecule is CO[C@H]1O[C@H](CO)[C@H](O)[C@H](O)[C@H]1Nc1nc(Cl)ns1. The molecule has 1 aromatic heterocycles. The molecule has 2 rings (SSSR count). The maximum atomic E-state index is 10.0. The van der Waals surface area contributed by atoms with E-state index >= 15 is 0 Å². The standard InChI is InChI=1S/C9H14ClN3O5S/c1-17-7-4(11-9-12-8(10)13-19-9)6(16)5(15)3(2-14)18-7/h3-7,14-16H,2H2,1H3,(H,11,12,13)/t3-,4-,5+,6-,7+/m1/s1. The normalized spacial score (nSPS) is 35.3. The van der Waals surface area contributed by atoms with Gasteiger partial charge in [-0.25, -0.2) is 0 Å². The molecule has 19 heavy (non-hydrogen) atoms. The Hall–Kier alpha value is -0.550. The molecule has 0 radical (unpaired) electrons. The Morgan fingerprint density at radius 1 is 1.47 bits per heavy atom. The summed E-state index contributed by atoms with van der Waals surface area (Å²) in [5, 5.41) is 32.2. The summed E-state index contributed by atoms with van der Waals surface area (Å²) >= 11 is 6.61. The average Bonchev–Trinajstić information content (AvgIpc) is 2.81. The summed E-state index contributed by atoms with van der Waals surface area (Å²) in [6.07, 6.45) is -4.19. The Bertz CT molecular complexity index is 420. The smallest absolute Gasteiger partial charge is 0.236 e. The van der Waals surface area contributed by atoms with E-state index in [-0.39, 0.29) is 5.28 Å². The first-order valence-electron chi connectivity index (χ1n) is 5.47. The van der Waals surface area contributed by atoms with Gasteiger partial charge in [0.2, 0.25) is 10.4 Å². The number of methoxy groups -OCH3 is 1. The predicted molar refractivity (Wildman–Crippen MR) is 67.1 cm³/mol. The van der Waals surface area contributed by atoms with E-state index in [0.29, 0.717) is 5.13 Å². The molecular formula is C9H14ClN3O5S. The van der Waals surface area contributed by atoms with Crippen LogP contribution in [0.25, 0.3) is 0 Å². The first-order chi connectivity index (χ1) is 9.06. The first-order valence-corrected chi connectivity index (χ1v) is 6.63. The number of rotatable bonds is 4. The van der Waals surface area contributed by atoms with E-state index in [1.807, 2.05) is 0 Å². The van der Waals surface area contributed by atoms with Gasteiger partial charge in [-0.2, -0.15) is 9.36 Å². The molecule has 0 aliphatic carbocycles. The van der Waals surface area contributed by atoms with Crippen LogP contribution < -0.4 is 5.32 Å². The van der Waals surface area contributed by atoms with Gasteiger partial charge in [-0.15, -0.1) is 0 Å². The highest BCUT2D eigenvalue weighted by Crippen LogP contribution is 2.25. The number of anilines is 1. The molecule has 0 bridgehead atoms. The van der Waals surface area contributed by atoms with E-state index in [9.17, 15) is 10.2 Å². The Morgan fingerprint density at radius 2 is 2.21 bits per heavy atom. The van der Waals surface area contributed by atoms with Crippen LogP contribution in [0, 0.1) is 0 Å². The topological polar surface area (TPSA) is 117 Å². The van der Waals surface area contributed by atoms with Crippen molar-refractivity contribution >= 4 is 28.3 Å². The highest BCUT2D eigenvalue weighted by atomic mass is 35.5. The molecule has 1 aromatic rings. The molecule has 1 fully saturated rings. The summed E-state index contributed by atoms with van der Waals surface area (Å²) in [6.45, 7) is -0.421. The van der Waals surface area contributed by atoms with Gasteiger partial charge in [0, 0.05) is 18.6 Å². The average molecular weight is 312 g/mol. The second kappa shape index (κ2) is 6.27. The third-order valence-electron chi connectivity index (χ3n) is 2.80. The lowest BCUT2D eigenvalue weighted by atomic mass is 9.97. The van der Waals surface area contributed by atoms with E-state index in [0.717, 1.165) is 11.5 Å². The maximum Gasteiger partial charge on any atom is 0.236 e. The Morgan fingerprint density at radius 3 is 2.74 bits per heavy atom. The molecule has 1 aliphatic rings. The molecule has 0 unspecified atom stereocenters. The molecular weight excluding hydrogens is 298 g/mol. The number of aromatic nitrogens is 2. The van der Waals surface area contributed by atoms with Gasteiger partial charge in [-0.05, 0) is 11.6 Å². The molecule has 10 heteroatoms. The minimum Gasteiger partial charge on any atom is -0.394 e. The quantitative estimate of drug-likeness (QED) is 0.563. The number of nitrogens with one attached hydrogen (secondary N) is 1. The summed E-state index contributed by atoms with van der Waals surface area (Å²) < 4.78 is 14.2. The molecule has 4 N–H and O–H groups in total. The second-order valence-corrected chi connectivity index (χ2v) is 5.07. The fraction of sp³-hybridized carbons (Fsp3) is 0.778. The highest BCUT2D eigenvalue weighted by molar-refractivity contribution is 7.09. The Kier molecular flexibility index (Phi) is 4.90. The summed E-state index contributed by atoms with van der Waals surface area (Å²) in [6, 6.07) is -0.758. The zero-order chi connectivity index (χ0) is 14.0. The van der Waals surface area contributed by atoms with E-state index in [2.05, 4.69) is 14.7 Å². The van der Waals surface area contributed by atoms with Gasteiger partial charge < -0.3 is 30.1 Å². The monoisotopic (exact) mass is 311 g/mol. The van der Waals surface area contributed by atoms with E-state index < -0.39 is 37.3 Å². The van der Waals surface area contributed by atoms with Crippen LogP contribution in [0.1, 0.15) is 0 Å². The van der Waals surface area contributed by atoms with Crippen LogP contribution in [-0.2, 0) is 9.47 Å². The second-order valence-electron chi connectivity index (χ2n) is 3.98. The van der Waals surface area contributed by atoms with Gasteiger partial charge >= 0.3 is 0 Å². The van der Waals surface area contributed by atoms with Crippen LogP contribution in [0.3, 0.4) is 0 Å². The van der Waals surface area contributed by atoms with Crippen molar-refractivity contribution in [3.05, 3.63) is 5.28 Å². The number of halogens is 1. The van der Waals surface area contributed by atoms with Gasteiger partial charge in [0.05, 0.1) is 6.61 Å². The van der Waals surface area contributed by atoms with Crippen molar-refractivity contribution in [1.29, 1.82) is 0 Å². The fourth-order valence-electron chi connectivity index (χ4n) is 1.84. The van der Waals surface area contributed by atoms with Crippen molar-refractivity contribution in [2.24, 2.45) is 0 Å². The van der Waals surface area contributed by atoms with Crippen LogP contribution >= 0.6 is 23.1 Å². The molecule has 0 aromatic carbocycles. The Balaban J connectivity index is 2.12. The number of aliphatic hydroxyl groups excluding tert-OH is 3. The van der Waals surface area contributed by atoms with E-state index in [1.54, 1.807) is 0 Å². The van der Waals surface area contributed by atoms with Crippen LogP contribution in [-0.4, -0.2) is 69.0 Å². The zero-order valence-electron chi connectivity index (χ0n) is 9.93. The van der Waals surface area contributed by atoms with Gasteiger partial charge in [-0.1, -0.05) is 0 Å².